The Hall–Kier alpha value is -0.820. The SMILES string of the molecule is CCNC(=NCc1cccc(CN2CCCCCC2)c1)NC1CC1.I. The van der Waals surface area contributed by atoms with Crippen molar-refractivity contribution in [2.24, 2.45) is 4.99 Å². The van der Waals surface area contributed by atoms with Gasteiger partial charge in [0.05, 0.1) is 6.54 Å². The van der Waals surface area contributed by atoms with Crippen molar-refractivity contribution in [2.75, 3.05) is 19.6 Å². The highest BCUT2D eigenvalue weighted by molar-refractivity contribution is 14.0. The summed E-state index contributed by atoms with van der Waals surface area (Å²) in [7, 11) is 0. The van der Waals surface area contributed by atoms with E-state index in [0.717, 1.165) is 25.6 Å². The van der Waals surface area contributed by atoms with E-state index in [-0.39, 0.29) is 24.0 Å². The van der Waals surface area contributed by atoms with E-state index in [9.17, 15) is 0 Å². The summed E-state index contributed by atoms with van der Waals surface area (Å²) >= 11 is 0. The quantitative estimate of drug-likeness (QED) is 0.388. The molecule has 1 aromatic rings. The van der Waals surface area contributed by atoms with E-state index in [1.165, 1.54) is 62.7 Å². The fraction of sp³-hybridized carbons (Fsp3) is 0.650. The van der Waals surface area contributed by atoms with Gasteiger partial charge >= 0.3 is 0 Å². The van der Waals surface area contributed by atoms with Crippen LogP contribution in [0, 0.1) is 0 Å². The second kappa shape index (κ2) is 11.0. The first-order valence-electron chi connectivity index (χ1n) is 9.68. The van der Waals surface area contributed by atoms with E-state index in [4.69, 9.17) is 4.99 Å². The highest BCUT2D eigenvalue weighted by Gasteiger charge is 2.22. The molecule has 1 aliphatic carbocycles. The van der Waals surface area contributed by atoms with Gasteiger partial charge in [0, 0.05) is 19.1 Å². The summed E-state index contributed by atoms with van der Waals surface area (Å²) in [6, 6.07) is 9.59. The van der Waals surface area contributed by atoms with Crippen molar-refractivity contribution < 1.29 is 0 Å². The summed E-state index contributed by atoms with van der Waals surface area (Å²) in [4.78, 5) is 7.35. The summed E-state index contributed by atoms with van der Waals surface area (Å²) < 4.78 is 0. The molecule has 3 rings (SSSR count). The van der Waals surface area contributed by atoms with Gasteiger partial charge in [-0.05, 0) is 56.8 Å². The molecular formula is C20H33IN4. The lowest BCUT2D eigenvalue weighted by Gasteiger charge is -2.20. The van der Waals surface area contributed by atoms with Gasteiger partial charge < -0.3 is 10.6 Å². The zero-order chi connectivity index (χ0) is 16.6. The first-order valence-corrected chi connectivity index (χ1v) is 9.68. The minimum absolute atomic E-state index is 0. The number of nitrogens with one attached hydrogen (secondary N) is 2. The molecule has 2 aliphatic rings. The molecule has 25 heavy (non-hydrogen) atoms. The third-order valence-corrected chi connectivity index (χ3v) is 4.78. The van der Waals surface area contributed by atoms with Gasteiger partial charge in [-0.3, -0.25) is 4.90 Å². The van der Waals surface area contributed by atoms with Gasteiger partial charge in [0.15, 0.2) is 5.96 Å². The van der Waals surface area contributed by atoms with Gasteiger partial charge in [-0.25, -0.2) is 4.99 Å². The highest BCUT2D eigenvalue weighted by Crippen LogP contribution is 2.18. The van der Waals surface area contributed by atoms with Crippen molar-refractivity contribution in [1.82, 2.24) is 15.5 Å². The molecule has 1 saturated heterocycles. The summed E-state index contributed by atoms with van der Waals surface area (Å²) in [6.07, 6.45) is 8.04. The van der Waals surface area contributed by atoms with Crippen molar-refractivity contribution in [2.45, 2.75) is 64.6 Å². The number of nitrogens with zero attached hydrogens (tertiary/aromatic N) is 2. The first kappa shape index (κ1) is 20.5. The van der Waals surface area contributed by atoms with Crippen LogP contribution < -0.4 is 10.6 Å². The first-order chi connectivity index (χ1) is 11.8. The molecule has 1 aromatic carbocycles. The van der Waals surface area contributed by atoms with Gasteiger partial charge in [0.25, 0.3) is 0 Å². The highest BCUT2D eigenvalue weighted by atomic mass is 127. The van der Waals surface area contributed by atoms with Gasteiger partial charge in [0.1, 0.15) is 0 Å². The van der Waals surface area contributed by atoms with Crippen LogP contribution in [0.25, 0.3) is 0 Å². The second-order valence-electron chi connectivity index (χ2n) is 7.12. The normalized spacial score (nSPS) is 19.0. The standard InChI is InChI=1S/C20H32N4.HI/c1-2-21-20(23-19-10-11-19)22-15-17-8-7-9-18(14-17)16-24-12-5-3-4-6-13-24;/h7-9,14,19H,2-6,10-13,15-16H2,1H3,(H2,21,22,23);1H. The Kier molecular flexibility index (Phi) is 9.03. The van der Waals surface area contributed by atoms with Crippen molar-refractivity contribution in [3.8, 4) is 0 Å². The molecule has 140 valence electrons. The second-order valence-corrected chi connectivity index (χ2v) is 7.12. The van der Waals surface area contributed by atoms with E-state index in [1.807, 2.05) is 0 Å². The molecule has 1 heterocycles. The number of hydrogen-bond donors (Lipinski definition) is 2. The summed E-state index contributed by atoms with van der Waals surface area (Å²) in [5.74, 6) is 0.956. The number of guanidine groups is 1. The number of halogens is 1. The third kappa shape index (κ3) is 7.52. The molecule has 2 fully saturated rings. The van der Waals surface area contributed by atoms with Crippen LogP contribution >= 0.6 is 24.0 Å². The van der Waals surface area contributed by atoms with Crippen molar-refractivity contribution in [3.05, 3.63) is 35.4 Å². The van der Waals surface area contributed by atoms with Gasteiger partial charge in [-0.2, -0.15) is 0 Å². The maximum atomic E-state index is 4.75. The molecule has 1 saturated carbocycles. The van der Waals surface area contributed by atoms with Crippen LogP contribution in [-0.4, -0.2) is 36.5 Å². The largest absolute Gasteiger partial charge is 0.357 e. The summed E-state index contributed by atoms with van der Waals surface area (Å²) in [5.41, 5.74) is 2.72. The van der Waals surface area contributed by atoms with Crippen LogP contribution in [0.3, 0.4) is 0 Å². The number of aliphatic imine (C=N–C) groups is 1. The lowest BCUT2D eigenvalue weighted by atomic mass is 10.1. The van der Waals surface area contributed by atoms with E-state index < -0.39 is 0 Å². The Labute approximate surface area is 169 Å². The molecule has 4 nitrogen and oxygen atoms in total. The van der Waals surface area contributed by atoms with Crippen LogP contribution in [0.5, 0.6) is 0 Å². The van der Waals surface area contributed by atoms with Crippen molar-refractivity contribution in [1.29, 1.82) is 0 Å². The number of benzene rings is 1. The Morgan fingerprint density at radius 1 is 1.12 bits per heavy atom. The minimum atomic E-state index is 0. The molecule has 0 atom stereocenters. The number of likely N-dealkylation sites (tertiary alicyclic amines) is 1. The smallest absolute Gasteiger partial charge is 0.191 e. The van der Waals surface area contributed by atoms with Crippen LogP contribution in [0.2, 0.25) is 0 Å². The zero-order valence-electron chi connectivity index (χ0n) is 15.5. The Morgan fingerprint density at radius 3 is 2.52 bits per heavy atom. The van der Waals surface area contributed by atoms with Crippen LogP contribution in [0.15, 0.2) is 29.3 Å². The van der Waals surface area contributed by atoms with E-state index in [1.54, 1.807) is 0 Å². The predicted octanol–water partition coefficient (Wildman–Crippen LogP) is 3.90. The molecule has 0 amide bonds. The average molecular weight is 456 g/mol. The lowest BCUT2D eigenvalue weighted by molar-refractivity contribution is 0.277. The molecule has 1 aliphatic heterocycles. The molecule has 5 heteroatoms. The Morgan fingerprint density at radius 2 is 1.84 bits per heavy atom. The van der Waals surface area contributed by atoms with Crippen LogP contribution in [-0.2, 0) is 13.1 Å². The predicted molar refractivity (Wildman–Crippen MR) is 117 cm³/mol. The maximum Gasteiger partial charge on any atom is 0.191 e. The third-order valence-electron chi connectivity index (χ3n) is 4.78. The summed E-state index contributed by atoms with van der Waals surface area (Å²) in [6.45, 7) is 7.35. The van der Waals surface area contributed by atoms with Gasteiger partial charge in [0.2, 0.25) is 0 Å². The summed E-state index contributed by atoms with van der Waals surface area (Å²) in [5, 5.41) is 6.82. The van der Waals surface area contributed by atoms with Crippen LogP contribution in [0.4, 0.5) is 0 Å². The molecule has 0 radical (unpaired) electrons. The number of rotatable bonds is 6. The molecule has 0 spiro atoms. The molecule has 0 bridgehead atoms. The Bertz CT molecular complexity index is 534. The number of hydrogen-bond acceptors (Lipinski definition) is 2. The van der Waals surface area contributed by atoms with Gasteiger partial charge in [-0.15, -0.1) is 24.0 Å². The molecule has 2 N–H and O–H groups in total. The molecular weight excluding hydrogens is 423 g/mol. The molecule has 0 unspecified atom stereocenters. The lowest BCUT2D eigenvalue weighted by Crippen LogP contribution is -2.38. The maximum absolute atomic E-state index is 4.75. The van der Waals surface area contributed by atoms with Crippen LogP contribution in [0.1, 0.15) is 56.6 Å². The van der Waals surface area contributed by atoms with Gasteiger partial charge in [-0.1, -0.05) is 37.1 Å². The fourth-order valence-electron chi connectivity index (χ4n) is 3.29. The van der Waals surface area contributed by atoms with E-state index in [2.05, 4.69) is 46.7 Å². The fourth-order valence-corrected chi connectivity index (χ4v) is 3.29. The van der Waals surface area contributed by atoms with Crippen molar-refractivity contribution >= 4 is 29.9 Å². The zero-order valence-corrected chi connectivity index (χ0v) is 17.8. The topological polar surface area (TPSA) is 39.7 Å². The monoisotopic (exact) mass is 456 g/mol. The van der Waals surface area contributed by atoms with E-state index >= 15 is 0 Å². The van der Waals surface area contributed by atoms with E-state index in [0.29, 0.717) is 6.04 Å². The molecule has 0 aromatic heterocycles. The average Bonchev–Trinajstić information content (AvgIpc) is 3.41. The Balaban J connectivity index is 0.00000225. The minimum Gasteiger partial charge on any atom is -0.357 e. The van der Waals surface area contributed by atoms with Crippen molar-refractivity contribution in [3.63, 3.8) is 0 Å².